The Labute approximate surface area is 197 Å². The molecule has 0 amide bonds. The molecule has 0 atom stereocenters. The number of nitrogens with zero attached hydrogens (tertiary/aromatic N) is 3. The topological polar surface area (TPSA) is 120 Å². The maximum atomic E-state index is 14.7. The summed E-state index contributed by atoms with van der Waals surface area (Å²) in [7, 11) is -3.71. The summed E-state index contributed by atoms with van der Waals surface area (Å²) in [6, 6.07) is 11.4. The Morgan fingerprint density at radius 2 is 1.85 bits per heavy atom. The average Bonchev–Trinajstić information content (AvgIpc) is 2.81. The summed E-state index contributed by atoms with van der Waals surface area (Å²) >= 11 is 0. The van der Waals surface area contributed by atoms with Crippen LogP contribution in [0.25, 0.3) is 22.0 Å². The van der Waals surface area contributed by atoms with E-state index in [0.29, 0.717) is 40.6 Å². The lowest BCUT2D eigenvalue weighted by Gasteiger charge is -2.17. The third-order valence-electron chi connectivity index (χ3n) is 5.24. The highest BCUT2D eigenvalue weighted by molar-refractivity contribution is 7.92. The maximum absolute atomic E-state index is 14.7. The van der Waals surface area contributed by atoms with Crippen LogP contribution in [-0.2, 0) is 10.0 Å². The van der Waals surface area contributed by atoms with Crippen molar-refractivity contribution in [3.63, 3.8) is 0 Å². The standard InChI is InChI=1S/C24H24FN5O3S/c1-3-4-14-34(31,32)30-21-16-8-7-15(2)22(17(16)9-10-19(21)25)33-23-18(6-5-12-27-23)20-11-13-28-24(26)29-20/h5-13,30H,3-4,14H2,1-2H3,(H2,26,28,29). The highest BCUT2D eigenvalue weighted by Gasteiger charge is 2.19. The number of rotatable bonds is 8. The molecule has 34 heavy (non-hydrogen) atoms. The van der Waals surface area contributed by atoms with Crippen LogP contribution in [-0.4, -0.2) is 29.1 Å². The molecule has 0 aliphatic rings. The SMILES string of the molecule is CCCCS(=O)(=O)Nc1c(F)ccc2c(Oc3ncccc3-c3ccnc(N)n3)c(C)ccc12. The van der Waals surface area contributed by atoms with Gasteiger partial charge >= 0.3 is 0 Å². The Bertz CT molecular complexity index is 1460. The van der Waals surface area contributed by atoms with Crippen LogP contribution >= 0.6 is 0 Å². The number of nitrogens with one attached hydrogen (secondary N) is 1. The Balaban J connectivity index is 1.81. The molecule has 0 saturated carbocycles. The van der Waals surface area contributed by atoms with E-state index in [1.54, 1.807) is 42.6 Å². The number of aromatic nitrogens is 3. The van der Waals surface area contributed by atoms with Gasteiger partial charge in [-0.3, -0.25) is 4.72 Å². The van der Waals surface area contributed by atoms with E-state index in [0.717, 1.165) is 5.56 Å². The molecule has 0 radical (unpaired) electrons. The van der Waals surface area contributed by atoms with Crippen LogP contribution in [0.2, 0.25) is 0 Å². The van der Waals surface area contributed by atoms with Gasteiger partial charge in [0.15, 0.2) is 0 Å². The van der Waals surface area contributed by atoms with Gasteiger partial charge in [0, 0.05) is 23.2 Å². The fourth-order valence-corrected chi connectivity index (χ4v) is 4.82. The fourth-order valence-electron chi connectivity index (χ4n) is 3.53. The third-order valence-corrected chi connectivity index (χ3v) is 6.58. The normalized spacial score (nSPS) is 11.5. The van der Waals surface area contributed by atoms with E-state index in [2.05, 4.69) is 19.7 Å². The average molecular weight is 482 g/mol. The van der Waals surface area contributed by atoms with Crippen molar-refractivity contribution in [2.24, 2.45) is 0 Å². The first-order chi connectivity index (χ1) is 16.3. The molecule has 8 nitrogen and oxygen atoms in total. The van der Waals surface area contributed by atoms with Gasteiger partial charge in [0.25, 0.3) is 0 Å². The van der Waals surface area contributed by atoms with Gasteiger partial charge in [0.05, 0.1) is 22.7 Å². The largest absolute Gasteiger partial charge is 0.437 e. The van der Waals surface area contributed by atoms with E-state index in [-0.39, 0.29) is 23.3 Å². The number of hydrogen-bond donors (Lipinski definition) is 2. The number of nitrogens with two attached hydrogens (primary N) is 1. The van der Waals surface area contributed by atoms with Crippen molar-refractivity contribution in [2.45, 2.75) is 26.7 Å². The first-order valence-electron chi connectivity index (χ1n) is 10.7. The van der Waals surface area contributed by atoms with Crippen LogP contribution in [0.4, 0.5) is 16.0 Å². The number of nitrogen functional groups attached to an aromatic ring is 1. The van der Waals surface area contributed by atoms with E-state index >= 15 is 0 Å². The van der Waals surface area contributed by atoms with Crippen molar-refractivity contribution in [2.75, 3.05) is 16.2 Å². The highest BCUT2D eigenvalue weighted by Crippen LogP contribution is 2.39. The Morgan fingerprint density at radius 3 is 2.62 bits per heavy atom. The van der Waals surface area contributed by atoms with Crippen LogP contribution in [0.1, 0.15) is 25.3 Å². The van der Waals surface area contributed by atoms with Gasteiger partial charge < -0.3 is 10.5 Å². The van der Waals surface area contributed by atoms with Crippen molar-refractivity contribution < 1.29 is 17.5 Å². The minimum absolute atomic E-state index is 0.0894. The van der Waals surface area contributed by atoms with Gasteiger partial charge in [0.2, 0.25) is 21.9 Å². The van der Waals surface area contributed by atoms with Crippen LogP contribution in [0.3, 0.4) is 0 Å². The number of benzene rings is 2. The number of pyridine rings is 1. The summed E-state index contributed by atoms with van der Waals surface area (Å²) < 4.78 is 48.4. The predicted molar refractivity (Wildman–Crippen MR) is 131 cm³/mol. The Morgan fingerprint density at radius 1 is 1.06 bits per heavy atom. The van der Waals surface area contributed by atoms with Gasteiger partial charge in [-0.2, -0.15) is 0 Å². The van der Waals surface area contributed by atoms with E-state index in [9.17, 15) is 12.8 Å². The molecule has 4 aromatic rings. The molecule has 3 N–H and O–H groups in total. The first-order valence-corrected chi connectivity index (χ1v) is 12.4. The summed E-state index contributed by atoms with van der Waals surface area (Å²) in [4.78, 5) is 12.5. The zero-order valence-electron chi connectivity index (χ0n) is 18.7. The van der Waals surface area contributed by atoms with Crippen LogP contribution < -0.4 is 15.2 Å². The molecular formula is C24H24FN5O3S. The molecule has 2 aromatic carbocycles. The minimum atomic E-state index is -3.71. The molecule has 0 spiro atoms. The maximum Gasteiger partial charge on any atom is 0.232 e. The number of unbranched alkanes of at least 4 members (excludes halogenated alkanes) is 1. The fraction of sp³-hybridized carbons (Fsp3) is 0.208. The summed E-state index contributed by atoms with van der Waals surface area (Å²) in [5.74, 6) is 0.0500. The number of fused-ring (bicyclic) bond motifs is 1. The van der Waals surface area contributed by atoms with Gasteiger partial charge in [-0.15, -0.1) is 0 Å². The number of aryl methyl sites for hydroxylation is 1. The number of hydrogen-bond acceptors (Lipinski definition) is 7. The van der Waals surface area contributed by atoms with Crippen LogP contribution in [0, 0.1) is 12.7 Å². The van der Waals surface area contributed by atoms with Gasteiger partial charge in [0.1, 0.15) is 11.6 Å². The molecule has 0 unspecified atom stereocenters. The smallest absolute Gasteiger partial charge is 0.232 e. The molecule has 0 saturated heterocycles. The Hall–Kier alpha value is -3.79. The lowest BCUT2D eigenvalue weighted by molar-refractivity contribution is 0.466. The second-order valence-corrected chi connectivity index (χ2v) is 9.60. The highest BCUT2D eigenvalue weighted by atomic mass is 32.2. The summed E-state index contributed by atoms with van der Waals surface area (Å²) in [6.07, 6.45) is 4.31. The molecule has 0 bridgehead atoms. The third kappa shape index (κ3) is 4.91. The van der Waals surface area contributed by atoms with Crippen molar-refractivity contribution in [3.8, 4) is 22.9 Å². The number of anilines is 2. The van der Waals surface area contributed by atoms with Crippen molar-refractivity contribution in [3.05, 3.63) is 66.2 Å². The zero-order chi connectivity index (χ0) is 24.3. The van der Waals surface area contributed by atoms with E-state index in [1.807, 2.05) is 13.8 Å². The number of halogens is 1. The molecular weight excluding hydrogens is 457 g/mol. The predicted octanol–water partition coefficient (Wildman–Crippen LogP) is 5.06. The summed E-state index contributed by atoms with van der Waals surface area (Å²) in [5.41, 5.74) is 7.51. The molecule has 0 aliphatic heterocycles. The number of sulfonamides is 1. The zero-order valence-corrected chi connectivity index (χ0v) is 19.6. The Kier molecular flexibility index (Phi) is 6.60. The van der Waals surface area contributed by atoms with Crippen molar-refractivity contribution in [1.82, 2.24) is 15.0 Å². The molecule has 10 heteroatoms. The number of ether oxygens (including phenoxy) is 1. The molecule has 176 valence electrons. The van der Waals surface area contributed by atoms with E-state index in [4.69, 9.17) is 10.5 Å². The molecule has 2 aromatic heterocycles. The summed E-state index contributed by atoms with van der Waals surface area (Å²) in [6.45, 7) is 3.73. The van der Waals surface area contributed by atoms with Gasteiger partial charge in [-0.1, -0.05) is 25.5 Å². The van der Waals surface area contributed by atoms with Gasteiger partial charge in [-0.05, 0) is 49.2 Å². The molecule has 4 rings (SSSR count). The quantitative estimate of drug-likeness (QED) is 0.361. The lowest BCUT2D eigenvalue weighted by Crippen LogP contribution is -2.17. The summed E-state index contributed by atoms with van der Waals surface area (Å²) in [5, 5.41) is 0.915. The monoisotopic (exact) mass is 481 g/mol. The van der Waals surface area contributed by atoms with Crippen LogP contribution in [0.15, 0.2) is 54.9 Å². The minimum Gasteiger partial charge on any atom is -0.437 e. The van der Waals surface area contributed by atoms with Crippen LogP contribution in [0.5, 0.6) is 11.6 Å². The molecule has 0 fully saturated rings. The lowest BCUT2D eigenvalue weighted by atomic mass is 10.0. The van der Waals surface area contributed by atoms with E-state index < -0.39 is 15.8 Å². The van der Waals surface area contributed by atoms with E-state index in [1.165, 1.54) is 12.3 Å². The first kappa shape index (κ1) is 23.4. The van der Waals surface area contributed by atoms with Gasteiger partial charge in [-0.25, -0.2) is 27.8 Å². The molecule has 2 heterocycles. The van der Waals surface area contributed by atoms with Crippen molar-refractivity contribution >= 4 is 32.4 Å². The second-order valence-electron chi connectivity index (χ2n) is 7.76. The second kappa shape index (κ2) is 9.60. The molecule has 0 aliphatic carbocycles. The van der Waals surface area contributed by atoms with Crippen molar-refractivity contribution in [1.29, 1.82) is 0 Å².